The zero-order valence-corrected chi connectivity index (χ0v) is 14.8. The van der Waals surface area contributed by atoms with E-state index in [0.717, 1.165) is 25.9 Å². The predicted molar refractivity (Wildman–Crippen MR) is 91.5 cm³/mol. The van der Waals surface area contributed by atoms with Crippen molar-refractivity contribution in [3.63, 3.8) is 0 Å². The second-order valence-corrected chi connectivity index (χ2v) is 6.16. The monoisotopic (exact) mass is 336 g/mol. The number of methoxy groups -OCH3 is 3. The summed E-state index contributed by atoms with van der Waals surface area (Å²) in [5.41, 5.74) is 0.515. The van der Waals surface area contributed by atoms with Crippen LogP contribution in [0.1, 0.15) is 18.4 Å². The van der Waals surface area contributed by atoms with Gasteiger partial charge in [0.1, 0.15) is 5.54 Å². The van der Waals surface area contributed by atoms with Crippen LogP contribution in [-0.2, 0) is 25.5 Å². The molecule has 1 aromatic rings. The summed E-state index contributed by atoms with van der Waals surface area (Å²) in [7, 11) is 4.61. The van der Waals surface area contributed by atoms with Crippen molar-refractivity contribution in [1.82, 2.24) is 10.2 Å². The van der Waals surface area contributed by atoms with Crippen LogP contribution in [0.3, 0.4) is 0 Å². The molecule has 1 aliphatic rings. The van der Waals surface area contributed by atoms with Crippen molar-refractivity contribution in [2.24, 2.45) is 0 Å². The normalized spacial score (nSPS) is 21.8. The van der Waals surface area contributed by atoms with Crippen molar-refractivity contribution < 1.29 is 19.0 Å². The smallest absolute Gasteiger partial charge is 0.327 e. The van der Waals surface area contributed by atoms with Gasteiger partial charge in [0, 0.05) is 33.9 Å². The molecule has 0 saturated carbocycles. The number of carbonyl (C=O) groups is 1. The molecule has 1 N–H and O–H groups in total. The summed E-state index contributed by atoms with van der Waals surface area (Å²) in [6, 6.07) is 10.3. The highest BCUT2D eigenvalue weighted by molar-refractivity contribution is 5.81. The van der Waals surface area contributed by atoms with Crippen LogP contribution in [0.15, 0.2) is 30.3 Å². The molecule has 6 nitrogen and oxygen atoms in total. The van der Waals surface area contributed by atoms with Gasteiger partial charge in [0.05, 0.1) is 7.11 Å². The third-order valence-corrected chi connectivity index (χ3v) is 4.53. The Kier molecular flexibility index (Phi) is 7.17. The molecule has 1 saturated heterocycles. The number of piperidine rings is 1. The molecular formula is C18H28N2O4. The molecule has 0 amide bonds. The highest BCUT2D eigenvalue weighted by atomic mass is 16.7. The number of benzene rings is 1. The lowest BCUT2D eigenvalue weighted by molar-refractivity contribution is -0.153. The van der Waals surface area contributed by atoms with E-state index in [0.29, 0.717) is 13.1 Å². The van der Waals surface area contributed by atoms with Crippen LogP contribution >= 0.6 is 0 Å². The van der Waals surface area contributed by atoms with E-state index in [1.54, 1.807) is 14.2 Å². The zero-order valence-electron chi connectivity index (χ0n) is 14.8. The maximum atomic E-state index is 12.5. The lowest BCUT2D eigenvalue weighted by Crippen LogP contribution is -2.63. The van der Waals surface area contributed by atoms with E-state index in [4.69, 9.17) is 14.2 Å². The number of hydrogen-bond acceptors (Lipinski definition) is 6. The molecule has 0 spiro atoms. The van der Waals surface area contributed by atoms with Crippen molar-refractivity contribution in [1.29, 1.82) is 0 Å². The number of ether oxygens (including phenoxy) is 3. The second-order valence-electron chi connectivity index (χ2n) is 6.16. The van der Waals surface area contributed by atoms with Gasteiger partial charge in [-0.25, -0.2) is 0 Å². The van der Waals surface area contributed by atoms with E-state index in [-0.39, 0.29) is 5.97 Å². The number of carbonyl (C=O) groups excluding carboxylic acids is 1. The molecule has 134 valence electrons. The van der Waals surface area contributed by atoms with Crippen LogP contribution in [0, 0.1) is 0 Å². The quantitative estimate of drug-likeness (QED) is 0.572. The van der Waals surface area contributed by atoms with Crippen molar-refractivity contribution in [2.75, 3.05) is 41.0 Å². The molecule has 1 aliphatic heterocycles. The predicted octanol–water partition coefficient (Wildman–Crippen LogP) is 1.40. The third kappa shape index (κ3) is 4.77. The Balaban J connectivity index is 2.07. The van der Waals surface area contributed by atoms with Crippen molar-refractivity contribution in [3.8, 4) is 0 Å². The minimum Gasteiger partial charge on any atom is -0.468 e. The van der Waals surface area contributed by atoms with Gasteiger partial charge in [-0.3, -0.25) is 15.0 Å². The Morgan fingerprint density at radius 1 is 1.25 bits per heavy atom. The average Bonchev–Trinajstić information content (AvgIpc) is 2.63. The number of nitrogens with one attached hydrogen (secondary N) is 1. The van der Waals surface area contributed by atoms with Crippen molar-refractivity contribution >= 4 is 5.97 Å². The summed E-state index contributed by atoms with van der Waals surface area (Å²) in [6.07, 6.45) is 1.28. The summed E-state index contributed by atoms with van der Waals surface area (Å²) in [5, 5.41) is 3.34. The fraction of sp³-hybridized carbons (Fsp3) is 0.611. The van der Waals surface area contributed by atoms with E-state index >= 15 is 0 Å². The average molecular weight is 336 g/mol. The van der Waals surface area contributed by atoms with Gasteiger partial charge in [0.15, 0.2) is 6.29 Å². The zero-order chi connectivity index (χ0) is 17.4. The molecule has 1 atom stereocenters. The molecule has 1 heterocycles. The number of esters is 1. The molecule has 6 heteroatoms. The van der Waals surface area contributed by atoms with Gasteiger partial charge in [-0.05, 0) is 24.9 Å². The standard InChI is InChI=1S/C18H28N2O4/c1-22-16(23-2)12-19-18(17(21)24-3)10-7-11-20(14-18)13-15-8-5-4-6-9-15/h4-6,8-9,16,19H,7,10-14H2,1-3H3. The molecule has 1 fully saturated rings. The molecule has 0 bridgehead atoms. The minimum absolute atomic E-state index is 0.230. The van der Waals surface area contributed by atoms with E-state index in [9.17, 15) is 4.79 Å². The highest BCUT2D eigenvalue weighted by Gasteiger charge is 2.43. The van der Waals surface area contributed by atoms with Crippen molar-refractivity contribution in [2.45, 2.75) is 31.2 Å². The molecule has 24 heavy (non-hydrogen) atoms. The Labute approximate surface area is 144 Å². The topological polar surface area (TPSA) is 60.0 Å². The van der Waals surface area contributed by atoms with Gasteiger partial charge in [-0.1, -0.05) is 30.3 Å². The Bertz CT molecular complexity index is 507. The Morgan fingerprint density at radius 3 is 2.58 bits per heavy atom. The fourth-order valence-electron chi connectivity index (χ4n) is 3.24. The minimum atomic E-state index is -0.725. The Hall–Kier alpha value is -1.47. The van der Waals surface area contributed by atoms with Crippen LogP contribution in [0.5, 0.6) is 0 Å². The molecule has 1 aromatic carbocycles. The summed E-state index contributed by atoms with van der Waals surface area (Å²) in [6.45, 7) is 2.82. The van der Waals surface area contributed by atoms with E-state index in [1.165, 1.54) is 12.7 Å². The number of nitrogens with zero attached hydrogens (tertiary/aromatic N) is 1. The van der Waals surface area contributed by atoms with Crippen LogP contribution < -0.4 is 5.32 Å². The van der Waals surface area contributed by atoms with Crippen LogP contribution in [0.25, 0.3) is 0 Å². The van der Waals surface area contributed by atoms with E-state index < -0.39 is 11.8 Å². The van der Waals surface area contributed by atoms with Gasteiger partial charge in [-0.15, -0.1) is 0 Å². The number of hydrogen-bond donors (Lipinski definition) is 1. The van der Waals surface area contributed by atoms with Crippen LogP contribution in [-0.4, -0.2) is 63.7 Å². The molecule has 0 aliphatic carbocycles. The first-order valence-corrected chi connectivity index (χ1v) is 8.29. The summed E-state index contributed by atoms with van der Waals surface area (Å²) < 4.78 is 15.5. The fourth-order valence-corrected chi connectivity index (χ4v) is 3.24. The molecular weight excluding hydrogens is 308 g/mol. The van der Waals surface area contributed by atoms with Gasteiger partial charge in [0.25, 0.3) is 0 Å². The van der Waals surface area contributed by atoms with Crippen molar-refractivity contribution in [3.05, 3.63) is 35.9 Å². The first-order valence-electron chi connectivity index (χ1n) is 8.29. The second kappa shape index (κ2) is 9.13. The number of rotatable bonds is 8. The SMILES string of the molecule is COC(=O)C1(NCC(OC)OC)CCCN(Cc2ccccc2)C1. The molecule has 2 rings (SSSR count). The van der Waals surface area contributed by atoms with E-state index in [1.807, 2.05) is 18.2 Å². The highest BCUT2D eigenvalue weighted by Crippen LogP contribution is 2.24. The maximum Gasteiger partial charge on any atom is 0.327 e. The number of likely N-dealkylation sites (tertiary alicyclic amines) is 1. The van der Waals surface area contributed by atoms with Gasteiger partial charge in [-0.2, -0.15) is 0 Å². The van der Waals surface area contributed by atoms with E-state index in [2.05, 4.69) is 22.3 Å². The van der Waals surface area contributed by atoms with Crippen LogP contribution in [0.4, 0.5) is 0 Å². The Morgan fingerprint density at radius 2 is 1.96 bits per heavy atom. The van der Waals surface area contributed by atoms with Gasteiger partial charge < -0.3 is 14.2 Å². The first-order chi connectivity index (χ1) is 11.6. The summed E-state index contributed by atoms with van der Waals surface area (Å²) in [4.78, 5) is 14.8. The first kappa shape index (κ1) is 18.9. The lowest BCUT2D eigenvalue weighted by Gasteiger charge is -2.41. The van der Waals surface area contributed by atoms with Crippen LogP contribution in [0.2, 0.25) is 0 Å². The van der Waals surface area contributed by atoms with Gasteiger partial charge in [0.2, 0.25) is 0 Å². The molecule has 0 aromatic heterocycles. The summed E-state index contributed by atoms with van der Waals surface area (Å²) in [5.74, 6) is -0.230. The maximum absolute atomic E-state index is 12.5. The largest absolute Gasteiger partial charge is 0.468 e. The van der Waals surface area contributed by atoms with Gasteiger partial charge >= 0.3 is 5.97 Å². The summed E-state index contributed by atoms with van der Waals surface area (Å²) >= 11 is 0. The molecule has 1 unspecified atom stereocenters. The third-order valence-electron chi connectivity index (χ3n) is 4.53. The molecule has 0 radical (unpaired) electrons. The lowest BCUT2D eigenvalue weighted by atomic mass is 9.88.